The van der Waals surface area contributed by atoms with E-state index in [9.17, 15) is 4.79 Å². The summed E-state index contributed by atoms with van der Waals surface area (Å²) in [5, 5.41) is 3.12. The molecule has 3 rings (SSSR count). The van der Waals surface area contributed by atoms with Gasteiger partial charge in [-0.2, -0.15) is 0 Å². The first kappa shape index (κ1) is 14.0. The van der Waals surface area contributed by atoms with Gasteiger partial charge in [0.1, 0.15) is 0 Å². The molecule has 3 heterocycles. The van der Waals surface area contributed by atoms with E-state index in [1.807, 2.05) is 19.1 Å². The minimum absolute atomic E-state index is 0.0110. The van der Waals surface area contributed by atoms with Crippen LogP contribution >= 0.6 is 11.3 Å². The monoisotopic (exact) mass is 296 g/mol. The molecule has 6 heteroatoms. The summed E-state index contributed by atoms with van der Waals surface area (Å²) < 4.78 is 11.0. The lowest BCUT2D eigenvalue weighted by Gasteiger charge is -2.34. The zero-order valence-corrected chi connectivity index (χ0v) is 12.4. The molecule has 1 amide bonds. The minimum atomic E-state index is 0.0110. The molecule has 0 unspecified atom stereocenters. The highest BCUT2D eigenvalue weighted by Gasteiger charge is 2.35. The second kappa shape index (κ2) is 6.22. The number of hydrogen-bond acceptors (Lipinski definition) is 5. The molecular formula is C14H20N2O3S. The van der Waals surface area contributed by atoms with Gasteiger partial charge < -0.3 is 14.8 Å². The molecular weight excluding hydrogens is 276 g/mol. The molecule has 0 spiro atoms. The average molecular weight is 296 g/mol. The molecule has 1 aromatic rings. The fraction of sp³-hybridized carbons (Fsp3) is 0.643. The first-order chi connectivity index (χ1) is 9.74. The van der Waals surface area contributed by atoms with E-state index >= 15 is 0 Å². The van der Waals surface area contributed by atoms with Crippen molar-refractivity contribution in [1.29, 1.82) is 0 Å². The zero-order valence-electron chi connectivity index (χ0n) is 11.6. The van der Waals surface area contributed by atoms with Crippen LogP contribution in [0, 0.1) is 6.92 Å². The number of amides is 1. The number of nitrogens with zero attached hydrogens (tertiary/aromatic N) is 1. The van der Waals surface area contributed by atoms with Crippen LogP contribution in [0.5, 0.6) is 0 Å². The maximum Gasteiger partial charge on any atom is 0.261 e. The standard InChI is InChI=1S/C14H20N2O3S/c1-10-2-3-13(20-10)14(17)15-11-8-19-9-12(11)16-4-6-18-7-5-16/h2-3,11-12H,4-9H2,1H3,(H,15,17)/t11-,12-/m0/s1. The van der Waals surface area contributed by atoms with Gasteiger partial charge in [-0.25, -0.2) is 0 Å². The predicted molar refractivity (Wildman–Crippen MR) is 77.3 cm³/mol. The number of morpholine rings is 1. The number of thiophene rings is 1. The van der Waals surface area contributed by atoms with Gasteiger partial charge in [-0.15, -0.1) is 11.3 Å². The van der Waals surface area contributed by atoms with Gasteiger partial charge in [0.15, 0.2) is 0 Å². The summed E-state index contributed by atoms with van der Waals surface area (Å²) in [7, 11) is 0. The summed E-state index contributed by atoms with van der Waals surface area (Å²) in [4.78, 5) is 16.5. The largest absolute Gasteiger partial charge is 0.379 e. The fourth-order valence-corrected chi connectivity index (χ4v) is 3.52. The first-order valence-corrected chi connectivity index (χ1v) is 7.82. The molecule has 2 aliphatic rings. The van der Waals surface area contributed by atoms with Crippen molar-refractivity contribution in [3.05, 3.63) is 21.9 Å². The highest BCUT2D eigenvalue weighted by atomic mass is 32.1. The molecule has 0 bridgehead atoms. The molecule has 0 aliphatic carbocycles. The summed E-state index contributed by atoms with van der Waals surface area (Å²) in [6, 6.07) is 4.20. The topological polar surface area (TPSA) is 50.8 Å². The number of ether oxygens (including phenoxy) is 2. The summed E-state index contributed by atoms with van der Waals surface area (Å²) in [6.45, 7) is 6.66. The Morgan fingerprint density at radius 1 is 1.30 bits per heavy atom. The molecule has 2 aliphatic heterocycles. The minimum Gasteiger partial charge on any atom is -0.379 e. The van der Waals surface area contributed by atoms with E-state index in [-0.39, 0.29) is 18.0 Å². The molecule has 1 N–H and O–H groups in total. The molecule has 5 nitrogen and oxygen atoms in total. The van der Waals surface area contributed by atoms with Gasteiger partial charge in [-0.3, -0.25) is 9.69 Å². The van der Waals surface area contributed by atoms with Crippen molar-refractivity contribution in [2.45, 2.75) is 19.0 Å². The van der Waals surface area contributed by atoms with Crippen molar-refractivity contribution in [2.75, 3.05) is 39.5 Å². The second-order valence-corrected chi connectivity index (χ2v) is 6.53. The van der Waals surface area contributed by atoms with Crippen molar-refractivity contribution in [2.24, 2.45) is 0 Å². The Morgan fingerprint density at radius 2 is 2.10 bits per heavy atom. The molecule has 0 saturated carbocycles. The van der Waals surface area contributed by atoms with E-state index in [0.717, 1.165) is 36.1 Å². The quantitative estimate of drug-likeness (QED) is 0.900. The van der Waals surface area contributed by atoms with E-state index < -0.39 is 0 Å². The van der Waals surface area contributed by atoms with E-state index in [1.54, 1.807) is 0 Å². The SMILES string of the molecule is Cc1ccc(C(=O)N[C@H]2COC[C@@H]2N2CCOCC2)s1. The third-order valence-corrected chi connectivity index (χ3v) is 4.85. The normalized spacial score (nSPS) is 27.6. The summed E-state index contributed by atoms with van der Waals surface area (Å²) in [5.74, 6) is 0.0110. The van der Waals surface area contributed by atoms with Crippen LogP contribution in [0.3, 0.4) is 0 Å². The van der Waals surface area contributed by atoms with Crippen LogP contribution < -0.4 is 5.32 Å². The average Bonchev–Trinajstić information content (AvgIpc) is 3.09. The maximum atomic E-state index is 12.2. The number of nitrogens with one attached hydrogen (secondary N) is 1. The van der Waals surface area contributed by atoms with Crippen LogP contribution in [-0.2, 0) is 9.47 Å². The fourth-order valence-electron chi connectivity index (χ4n) is 2.75. The van der Waals surface area contributed by atoms with Crippen molar-refractivity contribution in [1.82, 2.24) is 10.2 Å². The van der Waals surface area contributed by atoms with Crippen LogP contribution in [0.2, 0.25) is 0 Å². The number of hydrogen-bond donors (Lipinski definition) is 1. The van der Waals surface area contributed by atoms with Crippen LogP contribution in [0.25, 0.3) is 0 Å². The van der Waals surface area contributed by atoms with Crippen molar-refractivity contribution < 1.29 is 14.3 Å². The Kier molecular flexibility index (Phi) is 4.35. The lowest BCUT2D eigenvalue weighted by atomic mass is 10.1. The van der Waals surface area contributed by atoms with Gasteiger partial charge in [0, 0.05) is 18.0 Å². The lowest BCUT2D eigenvalue weighted by molar-refractivity contribution is 0.0108. The van der Waals surface area contributed by atoms with Crippen molar-refractivity contribution >= 4 is 17.2 Å². The van der Waals surface area contributed by atoms with Gasteiger partial charge in [0.25, 0.3) is 5.91 Å². The van der Waals surface area contributed by atoms with Crippen LogP contribution in [-0.4, -0.2) is 62.4 Å². The lowest BCUT2D eigenvalue weighted by Crippen LogP contribution is -2.54. The van der Waals surface area contributed by atoms with Crippen molar-refractivity contribution in [3.8, 4) is 0 Å². The van der Waals surface area contributed by atoms with E-state index in [0.29, 0.717) is 13.2 Å². The van der Waals surface area contributed by atoms with Crippen LogP contribution in [0.1, 0.15) is 14.5 Å². The van der Waals surface area contributed by atoms with E-state index in [4.69, 9.17) is 9.47 Å². The Bertz CT molecular complexity index is 471. The third-order valence-electron chi connectivity index (χ3n) is 3.85. The summed E-state index contributed by atoms with van der Waals surface area (Å²) in [5.41, 5.74) is 0. The van der Waals surface area contributed by atoms with Gasteiger partial charge in [0.05, 0.1) is 43.4 Å². The molecule has 2 fully saturated rings. The smallest absolute Gasteiger partial charge is 0.261 e. The van der Waals surface area contributed by atoms with Crippen molar-refractivity contribution in [3.63, 3.8) is 0 Å². The first-order valence-electron chi connectivity index (χ1n) is 7.01. The predicted octanol–water partition coefficient (Wildman–Crippen LogP) is 0.886. The Morgan fingerprint density at radius 3 is 2.80 bits per heavy atom. The molecule has 2 saturated heterocycles. The van der Waals surface area contributed by atoms with E-state index in [1.165, 1.54) is 11.3 Å². The molecule has 20 heavy (non-hydrogen) atoms. The van der Waals surface area contributed by atoms with Gasteiger partial charge in [0.2, 0.25) is 0 Å². The zero-order chi connectivity index (χ0) is 13.9. The summed E-state index contributed by atoms with van der Waals surface area (Å²) >= 11 is 1.53. The third kappa shape index (κ3) is 3.03. The number of carbonyl (C=O) groups is 1. The van der Waals surface area contributed by atoms with E-state index in [2.05, 4.69) is 10.2 Å². The number of rotatable bonds is 3. The summed E-state index contributed by atoms with van der Waals surface area (Å²) in [6.07, 6.45) is 0. The highest BCUT2D eigenvalue weighted by molar-refractivity contribution is 7.13. The molecule has 110 valence electrons. The number of aryl methyl sites for hydroxylation is 1. The highest BCUT2D eigenvalue weighted by Crippen LogP contribution is 2.18. The second-order valence-electron chi connectivity index (χ2n) is 5.24. The molecule has 0 aromatic carbocycles. The number of carbonyl (C=O) groups excluding carboxylic acids is 1. The van der Waals surface area contributed by atoms with Gasteiger partial charge >= 0.3 is 0 Å². The van der Waals surface area contributed by atoms with Gasteiger partial charge in [-0.1, -0.05) is 0 Å². The maximum absolute atomic E-state index is 12.2. The molecule has 2 atom stereocenters. The molecule has 1 aromatic heterocycles. The van der Waals surface area contributed by atoms with Crippen LogP contribution in [0.15, 0.2) is 12.1 Å². The van der Waals surface area contributed by atoms with Crippen LogP contribution in [0.4, 0.5) is 0 Å². The Labute approximate surface area is 122 Å². The Balaban J connectivity index is 1.62. The van der Waals surface area contributed by atoms with Gasteiger partial charge in [-0.05, 0) is 19.1 Å². The Hall–Kier alpha value is -0.950. The molecule has 0 radical (unpaired) electrons.